The molecule has 0 radical (unpaired) electrons. The van der Waals surface area contributed by atoms with E-state index in [0.29, 0.717) is 21.9 Å². The molecule has 0 aliphatic rings. The van der Waals surface area contributed by atoms with E-state index in [1.165, 1.54) is 21.9 Å². The Kier molecular flexibility index (Phi) is 6.74. The highest BCUT2D eigenvalue weighted by atomic mass is 32.2. The number of thioether (sulfide) groups is 1. The van der Waals surface area contributed by atoms with Gasteiger partial charge in [-0.1, -0.05) is 42.1 Å². The van der Waals surface area contributed by atoms with E-state index >= 15 is 0 Å². The molecule has 0 saturated carbocycles. The summed E-state index contributed by atoms with van der Waals surface area (Å²) in [4.78, 5) is 30.4. The number of nitrogens with one attached hydrogen (secondary N) is 1. The van der Waals surface area contributed by atoms with E-state index in [4.69, 9.17) is 9.72 Å². The van der Waals surface area contributed by atoms with Crippen molar-refractivity contribution in [1.29, 1.82) is 0 Å². The largest absolute Gasteiger partial charge is 0.497 e. The summed E-state index contributed by atoms with van der Waals surface area (Å²) in [5, 5.41) is 4.41. The van der Waals surface area contributed by atoms with Gasteiger partial charge in [-0.2, -0.15) is 0 Å². The van der Waals surface area contributed by atoms with Crippen LogP contribution in [0, 0.1) is 0 Å². The van der Waals surface area contributed by atoms with Crippen LogP contribution in [0.15, 0.2) is 58.5 Å². The van der Waals surface area contributed by atoms with Crippen LogP contribution < -0.4 is 15.6 Å². The molecule has 1 amide bonds. The van der Waals surface area contributed by atoms with Gasteiger partial charge in [0.2, 0.25) is 5.91 Å². The van der Waals surface area contributed by atoms with Gasteiger partial charge in [0, 0.05) is 25.5 Å². The molecule has 33 heavy (non-hydrogen) atoms. The Bertz CT molecular complexity index is 1360. The van der Waals surface area contributed by atoms with Crippen LogP contribution in [0.2, 0.25) is 0 Å². The molecule has 4 aromatic rings. The molecule has 4 rings (SSSR count). The summed E-state index contributed by atoms with van der Waals surface area (Å²) >= 11 is 1.27. The first-order chi connectivity index (χ1) is 15.9. The normalized spacial score (nSPS) is 12.2. The third-order valence-corrected chi connectivity index (χ3v) is 6.86. The van der Waals surface area contributed by atoms with Crippen LogP contribution in [0.1, 0.15) is 18.9 Å². The number of aryl methyl sites for hydroxylation is 2. The Morgan fingerprint density at radius 1 is 1.15 bits per heavy atom. The summed E-state index contributed by atoms with van der Waals surface area (Å²) in [5.41, 5.74) is 3.17. The molecule has 0 saturated heterocycles. The van der Waals surface area contributed by atoms with Crippen LogP contribution in [0.5, 0.6) is 5.75 Å². The second-order valence-electron chi connectivity index (χ2n) is 8.18. The van der Waals surface area contributed by atoms with Crippen molar-refractivity contribution >= 4 is 39.6 Å². The van der Waals surface area contributed by atoms with Gasteiger partial charge in [-0.15, -0.1) is 0 Å². The number of methoxy groups -OCH3 is 1. The maximum atomic E-state index is 13.1. The second-order valence-corrected chi connectivity index (χ2v) is 9.12. The highest BCUT2D eigenvalue weighted by Gasteiger charge is 2.18. The molecule has 0 aliphatic carbocycles. The molecule has 0 spiro atoms. The van der Waals surface area contributed by atoms with Crippen molar-refractivity contribution in [3.8, 4) is 5.75 Å². The fraction of sp³-hybridized carbons (Fsp3) is 0.320. The Morgan fingerprint density at radius 2 is 1.91 bits per heavy atom. The molecule has 0 aliphatic heterocycles. The van der Waals surface area contributed by atoms with Gasteiger partial charge in [0.15, 0.2) is 5.16 Å². The Balaban J connectivity index is 1.49. The van der Waals surface area contributed by atoms with E-state index in [0.717, 1.165) is 23.7 Å². The van der Waals surface area contributed by atoms with Crippen LogP contribution in [0.25, 0.3) is 21.9 Å². The van der Waals surface area contributed by atoms with E-state index < -0.39 is 0 Å². The summed E-state index contributed by atoms with van der Waals surface area (Å²) in [6, 6.07) is 16.0. The van der Waals surface area contributed by atoms with Crippen LogP contribution >= 0.6 is 11.8 Å². The molecule has 1 N–H and O–H groups in total. The molecule has 1 atom stereocenters. The van der Waals surface area contributed by atoms with Crippen LogP contribution in [0.4, 0.5) is 0 Å². The maximum Gasteiger partial charge on any atom is 0.278 e. The number of carbonyl (C=O) groups is 1. The monoisotopic (exact) mass is 464 g/mol. The first-order valence-corrected chi connectivity index (χ1v) is 11.9. The minimum absolute atomic E-state index is 0.0584. The fourth-order valence-electron chi connectivity index (χ4n) is 3.98. The zero-order valence-corrected chi connectivity index (χ0v) is 20.1. The lowest BCUT2D eigenvalue weighted by Gasteiger charge is -2.14. The van der Waals surface area contributed by atoms with E-state index in [1.807, 2.05) is 54.9 Å². The van der Waals surface area contributed by atoms with Crippen molar-refractivity contribution < 1.29 is 9.53 Å². The summed E-state index contributed by atoms with van der Waals surface area (Å²) in [6.07, 6.45) is 1.77. The molecule has 0 bridgehead atoms. The predicted octanol–water partition coefficient (Wildman–Crippen LogP) is 3.66. The van der Waals surface area contributed by atoms with Crippen LogP contribution in [-0.4, -0.2) is 38.9 Å². The smallest absolute Gasteiger partial charge is 0.278 e. The third-order valence-electron chi connectivity index (χ3n) is 5.83. The quantitative estimate of drug-likeness (QED) is 0.318. The van der Waals surface area contributed by atoms with E-state index in [-0.39, 0.29) is 23.3 Å². The van der Waals surface area contributed by atoms with Crippen molar-refractivity contribution in [2.45, 2.75) is 31.0 Å². The average Bonchev–Trinajstić information content (AvgIpc) is 3.10. The number of aromatic nitrogens is 3. The molecular formula is C25H28N4O3S. The average molecular weight is 465 g/mol. The lowest BCUT2D eigenvalue weighted by atomic mass is 10.1. The molecule has 2 heterocycles. The predicted molar refractivity (Wildman–Crippen MR) is 133 cm³/mol. The highest BCUT2D eigenvalue weighted by molar-refractivity contribution is 7.99. The van der Waals surface area contributed by atoms with Gasteiger partial charge < -0.3 is 14.6 Å². The number of fused-ring (bicyclic) bond motifs is 3. The number of hydrogen-bond acceptors (Lipinski definition) is 5. The summed E-state index contributed by atoms with van der Waals surface area (Å²) in [5.74, 6) is 0.820. The van der Waals surface area contributed by atoms with Gasteiger partial charge >= 0.3 is 0 Å². The van der Waals surface area contributed by atoms with Crippen LogP contribution in [0.3, 0.4) is 0 Å². The highest BCUT2D eigenvalue weighted by Crippen LogP contribution is 2.29. The summed E-state index contributed by atoms with van der Waals surface area (Å²) in [7, 11) is 5.16. The van der Waals surface area contributed by atoms with Gasteiger partial charge in [0.05, 0.1) is 18.4 Å². The van der Waals surface area contributed by atoms with Crippen molar-refractivity contribution in [2.24, 2.45) is 14.1 Å². The fourth-order valence-corrected chi connectivity index (χ4v) is 4.76. The molecule has 0 unspecified atom stereocenters. The maximum absolute atomic E-state index is 13.1. The number of benzene rings is 2. The Labute approximate surface area is 196 Å². The molecule has 7 nitrogen and oxygen atoms in total. The number of ether oxygens (including phenoxy) is 1. The lowest BCUT2D eigenvalue weighted by Crippen LogP contribution is -2.34. The molecule has 8 heteroatoms. The number of carbonyl (C=O) groups excluding carboxylic acids is 1. The van der Waals surface area contributed by atoms with Crippen molar-refractivity contribution in [1.82, 2.24) is 19.4 Å². The first kappa shape index (κ1) is 22.9. The standard InChI is InChI=1S/C25H28N4O3S/c1-16(10-11-17-8-6-5-7-9-17)26-21(30)15-33-25-27-22-19-14-18(32-4)12-13-20(19)28(2)23(22)24(31)29(25)3/h5-9,12-14,16H,10-11,15H2,1-4H3,(H,26,30)/t16-/m0/s1. The van der Waals surface area contributed by atoms with E-state index in [1.54, 1.807) is 14.2 Å². The van der Waals surface area contributed by atoms with Crippen LogP contribution in [-0.2, 0) is 25.3 Å². The summed E-state index contributed by atoms with van der Waals surface area (Å²) < 4.78 is 8.72. The van der Waals surface area contributed by atoms with Crippen molar-refractivity contribution in [2.75, 3.05) is 12.9 Å². The van der Waals surface area contributed by atoms with Gasteiger partial charge in [-0.05, 0) is 43.5 Å². The van der Waals surface area contributed by atoms with Crippen molar-refractivity contribution in [3.63, 3.8) is 0 Å². The van der Waals surface area contributed by atoms with E-state index in [2.05, 4.69) is 17.4 Å². The number of hydrogen-bond donors (Lipinski definition) is 1. The number of rotatable bonds is 8. The number of nitrogens with zero attached hydrogens (tertiary/aromatic N) is 3. The summed E-state index contributed by atoms with van der Waals surface area (Å²) in [6.45, 7) is 2.01. The molecule has 2 aromatic heterocycles. The Morgan fingerprint density at radius 3 is 2.64 bits per heavy atom. The number of amides is 1. The second kappa shape index (κ2) is 9.70. The minimum atomic E-state index is -0.142. The van der Waals surface area contributed by atoms with Gasteiger partial charge in [0.1, 0.15) is 16.8 Å². The minimum Gasteiger partial charge on any atom is -0.497 e. The molecule has 172 valence electrons. The topological polar surface area (TPSA) is 78.2 Å². The molecule has 2 aromatic carbocycles. The SMILES string of the molecule is COc1ccc2c(c1)c1nc(SCC(=O)N[C@@H](C)CCc3ccccc3)n(C)c(=O)c1n2C. The van der Waals surface area contributed by atoms with Crippen molar-refractivity contribution in [3.05, 3.63) is 64.4 Å². The van der Waals surface area contributed by atoms with Gasteiger partial charge in [-0.3, -0.25) is 14.2 Å². The first-order valence-electron chi connectivity index (χ1n) is 10.9. The molecule has 0 fully saturated rings. The van der Waals surface area contributed by atoms with Gasteiger partial charge in [-0.25, -0.2) is 4.98 Å². The zero-order chi connectivity index (χ0) is 23.5. The van der Waals surface area contributed by atoms with Gasteiger partial charge in [0.25, 0.3) is 5.56 Å². The zero-order valence-electron chi connectivity index (χ0n) is 19.3. The third kappa shape index (κ3) is 4.75. The Hall–Kier alpha value is -3.26. The van der Waals surface area contributed by atoms with E-state index in [9.17, 15) is 9.59 Å². The molecular weight excluding hydrogens is 436 g/mol. The lowest BCUT2D eigenvalue weighted by molar-refractivity contribution is -0.119.